The molecule has 32 nitrogen and oxygen atoms in total. The fourth-order valence-corrected chi connectivity index (χ4v) is 18.7. The summed E-state index contributed by atoms with van der Waals surface area (Å²) in [6.45, 7) is 30.0. The molecule has 0 bridgehead atoms. The van der Waals surface area contributed by atoms with Crippen molar-refractivity contribution >= 4 is 74.6 Å². The van der Waals surface area contributed by atoms with E-state index in [1.165, 1.54) is 24.3 Å². The molecular weight excluding hydrogens is 1730 g/mol. The van der Waals surface area contributed by atoms with Crippen LogP contribution in [0.1, 0.15) is 247 Å². The van der Waals surface area contributed by atoms with Gasteiger partial charge < -0.3 is 64.5 Å². The third kappa shape index (κ3) is 19.9. The van der Waals surface area contributed by atoms with Crippen molar-refractivity contribution in [2.45, 2.75) is 189 Å². The fraction of sp³-hybridized carbons (Fsp3) is 0.378. The summed E-state index contributed by atoms with van der Waals surface area (Å²) in [4.78, 5) is 66.3. The van der Waals surface area contributed by atoms with Gasteiger partial charge in [-0.3, -0.25) is 35.6 Å². The van der Waals surface area contributed by atoms with Crippen LogP contribution >= 0.6 is 15.9 Å². The van der Waals surface area contributed by atoms with E-state index in [-0.39, 0.29) is 53.9 Å². The Morgan fingerprint density at radius 3 is 1.13 bits per heavy atom. The highest BCUT2D eigenvalue weighted by molar-refractivity contribution is 9.10. The van der Waals surface area contributed by atoms with Crippen molar-refractivity contribution in [1.82, 2.24) is 51.0 Å². The third-order valence-corrected chi connectivity index (χ3v) is 24.3. The predicted octanol–water partition coefficient (Wildman–Crippen LogP) is 19.8. The van der Waals surface area contributed by atoms with Crippen LogP contribution in [0.3, 0.4) is 0 Å². The van der Waals surface area contributed by atoms with Crippen LogP contribution in [0.2, 0.25) is 0 Å². The maximum absolute atomic E-state index is 13.0. The highest BCUT2D eigenvalue weighted by Gasteiger charge is 2.44. The molecule has 0 amide bonds. The van der Waals surface area contributed by atoms with Crippen molar-refractivity contribution in [1.29, 1.82) is 5.26 Å². The van der Waals surface area contributed by atoms with Gasteiger partial charge in [0, 0.05) is 84.6 Å². The zero-order valence-electron chi connectivity index (χ0n) is 75.7. The number of aromatic nitrogens is 10. The number of hydrogen-bond acceptors (Lipinski definition) is 25. The third-order valence-electron chi connectivity index (χ3n) is 23.4. The van der Waals surface area contributed by atoms with Crippen molar-refractivity contribution in [2.24, 2.45) is 0 Å². The first-order valence-corrected chi connectivity index (χ1v) is 45.5. The van der Waals surface area contributed by atoms with Gasteiger partial charge in [0.2, 0.25) is 0 Å². The summed E-state index contributed by atoms with van der Waals surface area (Å²) in [5.74, 6) is 4.12. The summed E-state index contributed by atoms with van der Waals surface area (Å²) in [7, 11) is 3.18. The van der Waals surface area contributed by atoms with E-state index in [9.17, 15) is 34.6 Å². The molecule has 0 fully saturated rings. The SMILES string of the molecule is CCCC1=C(C(=O)OCC)C(c2cccc(C#N)c2OC)c2cn[nH]c2N1.CCCC1=C(C(=O)OCC)C(c2cccc(C)c2OC)c2cn[nH]c2N1.CCCC1=C(C(=O)OCC)C(c2cccc3c2OCCC3)c2cn[nH]c2N1.CCCC1=C(C(=O)OCC)C(c2cccc3c2OCCC3)c2cn[nH]c2N1.[C-]#[N+]C1=C(CCC)Nc2[nH]ncc2C1c1cccc([N+](=O)[O-])c1Br. The fourth-order valence-electron chi connectivity index (χ4n) is 18.0. The van der Waals surface area contributed by atoms with Crippen LogP contribution in [-0.4, -0.2) is 134 Å². The number of aryl methyl sites for hydroxylation is 3. The summed E-state index contributed by atoms with van der Waals surface area (Å²) in [6.07, 6.45) is 20.9. The van der Waals surface area contributed by atoms with Crippen molar-refractivity contribution < 1.29 is 62.0 Å². The second-order valence-electron chi connectivity index (χ2n) is 31.7. The number of methoxy groups -OCH3 is 2. The Hall–Kier alpha value is -14.2. The summed E-state index contributed by atoms with van der Waals surface area (Å²) >= 11 is 3.35. The smallest absolute Gasteiger partial charge is 0.336 e. The Bertz CT molecular complexity index is 5960. The Labute approximate surface area is 769 Å². The van der Waals surface area contributed by atoms with Crippen molar-refractivity contribution in [3.63, 3.8) is 0 Å². The second kappa shape index (κ2) is 44.2. The molecule has 33 heteroatoms. The van der Waals surface area contributed by atoms with Gasteiger partial charge in [-0.2, -0.15) is 30.8 Å². The van der Waals surface area contributed by atoms with Crippen molar-refractivity contribution in [3.8, 4) is 29.1 Å². The summed E-state index contributed by atoms with van der Waals surface area (Å²) < 4.78 is 45.4. The Kier molecular flexibility index (Phi) is 31.9. The first kappa shape index (κ1) is 94.4. The molecule has 7 aliphatic rings. The van der Waals surface area contributed by atoms with E-state index in [1.807, 2.05) is 77.9 Å². The Balaban J connectivity index is 0.000000139. The van der Waals surface area contributed by atoms with Crippen LogP contribution in [0.15, 0.2) is 183 Å². The molecule has 17 rings (SSSR count). The lowest BCUT2D eigenvalue weighted by atomic mass is 9.80. The summed E-state index contributed by atoms with van der Waals surface area (Å²) in [6, 6.07) is 30.8. The average Bonchev–Trinajstić information content (AvgIpc) is 1.70. The van der Waals surface area contributed by atoms with Crippen LogP contribution in [0, 0.1) is 34.9 Å². The molecule has 10 N–H and O–H groups in total. The minimum Gasteiger partial charge on any atom is -0.496 e. The molecule has 7 aliphatic heterocycles. The zero-order valence-corrected chi connectivity index (χ0v) is 77.3. The number of nitro groups is 1. The van der Waals surface area contributed by atoms with Crippen molar-refractivity contribution in [2.75, 3.05) is 80.4 Å². The molecular formula is C98H111BrN18O14. The average molecular weight is 1840 g/mol. The number of carbonyl (C=O) groups is 4. The van der Waals surface area contributed by atoms with Gasteiger partial charge in [0.25, 0.3) is 5.69 Å². The maximum atomic E-state index is 13.0. The van der Waals surface area contributed by atoms with Crippen LogP contribution in [0.4, 0.5) is 34.8 Å². The molecule has 5 atom stereocenters. The van der Waals surface area contributed by atoms with Gasteiger partial charge in [0.15, 0.2) is 5.70 Å². The molecule has 131 heavy (non-hydrogen) atoms. The number of carbonyl (C=O) groups excluding carboxylic acids is 4. The molecule has 0 aliphatic carbocycles. The quantitative estimate of drug-likeness (QED) is 0.00791. The molecule has 684 valence electrons. The number of nitrogens with one attached hydrogen (secondary N) is 10. The number of allylic oxidation sites excluding steroid dienone is 6. The van der Waals surface area contributed by atoms with E-state index in [2.05, 4.69) is 149 Å². The number of ether oxygens (including phenoxy) is 8. The van der Waals surface area contributed by atoms with Gasteiger partial charge in [0.1, 0.15) is 58.2 Å². The number of esters is 4. The van der Waals surface area contributed by atoms with Gasteiger partial charge in [-0.05, 0) is 137 Å². The molecule has 5 aromatic heterocycles. The number of nitrogens with zero attached hydrogens (tertiary/aromatic N) is 8. The molecule has 12 heterocycles. The van der Waals surface area contributed by atoms with Crippen LogP contribution in [0.25, 0.3) is 4.85 Å². The second-order valence-corrected chi connectivity index (χ2v) is 32.5. The number of rotatable bonds is 26. The summed E-state index contributed by atoms with van der Waals surface area (Å²) in [5.41, 5.74) is 19.9. The summed E-state index contributed by atoms with van der Waals surface area (Å²) in [5, 5.41) is 73.0. The van der Waals surface area contributed by atoms with Gasteiger partial charge in [-0.1, -0.05) is 146 Å². The van der Waals surface area contributed by atoms with E-state index in [0.717, 1.165) is 214 Å². The largest absolute Gasteiger partial charge is 0.496 e. The Morgan fingerprint density at radius 2 is 0.779 bits per heavy atom. The number of hydrogen-bond donors (Lipinski definition) is 10. The molecule has 10 aromatic rings. The Morgan fingerprint density at radius 1 is 0.458 bits per heavy atom. The molecule has 0 radical (unpaired) electrons. The lowest BCUT2D eigenvalue weighted by molar-refractivity contribution is -0.385. The highest BCUT2D eigenvalue weighted by atomic mass is 79.9. The normalized spacial score (nSPS) is 16.9. The minimum absolute atomic E-state index is 0.0163. The highest BCUT2D eigenvalue weighted by Crippen LogP contribution is 2.53. The van der Waals surface area contributed by atoms with Crippen molar-refractivity contribution in [3.05, 3.63) is 282 Å². The topological polar surface area (TPSA) is 417 Å². The molecule has 0 spiro atoms. The monoisotopic (exact) mass is 1840 g/mol. The van der Waals surface area contributed by atoms with Crippen LogP contribution < -0.4 is 45.5 Å². The first-order valence-electron chi connectivity index (χ1n) is 44.7. The van der Waals surface area contributed by atoms with Gasteiger partial charge >= 0.3 is 23.9 Å². The molecule has 0 saturated heterocycles. The number of benzene rings is 5. The molecule has 5 unspecified atom stereocenters. The number of halogens is 1. The van der Waals surface area contributed by atoms with Gasteiger partial charge in [-0.25, -0.2) is 24.0 Å². The van der Waals surface area contributed by atoms with E-state index < -0.39 is 16.8 Å². The van der Waals surface area contributed by atoms with E-state index in [1.54, 1.807) is 69.3 Å². The zero-order chi connectivity index (χ0) is 92.9. The minimum atomic E-state index is -0.441. The van der Waals surface area contributed by atoms with Crippen LogP contribution in [0.5, 0.6) is 23.0 Å². The molecule has 0 saturated carbocycles. The van der Waals surface area contributed by atoms with E-state index in [4.69, 9.17) is 44.5 Å². The predicted molar refractivity (Wildman–Crippen MR) is 500 cm³/mol. The number of aromatic amines is 5. The van der Waals surface area contributed by atoms with Crippen LogP contribution in [-0.2, 0) is 51.0 Å². The number of para-hydroxylation sites is 4. The number of nitro benzene ring substituents is 1. The lowest BCUT2D eigenvalue weighted by Crippen LogP contribution is -2.26. The standard InChI is InChI=1S/2C21H25N3O3.C20H22N4O3.C20H25N3O3.C16H14BrN5O2/c2*1-3-7-16-18(21(25)26-4-2)17(15-12-22-24-20(15)23-16)14-10-5-8-13-9-6-11-27-19(13)14;1-4-7-15-17(20(25)27-5-2)16(14-11-22-24-19(14)23-15)13-9-6-8-12(10-21)18(13)26-3;1-5-8-15-17(20(24)26-6-2)16(14-11-21-23-19(14)22-15)13-10-7-9-12(3)18(13)25-4;1-3-5-11-15(18-2)13(10-8-19-21-16(10)20-11)9-6-4-7-12(14(9)17)22(23)24/h2*5,8,10,12,17H,3-4,6-7,9,11H2,1-2H3,(H2,22,23,24);6,8-9,11,16H,4-5,7H2,1-3H3,(H2,22,23,24);7,9-11,16H,5-6,8H2,1-4H3,(H2,21,22,23);4,6-8,13H,3,5H2,1H3,(H2,19,20,21). The number of H-pyrrole nitrogens is 5. The number of nitriles is 1. The van der Waals surface area contributed by atoms with E-state index >= 15 is 0 Å². The first-order chi connectivity index (χ1) is 63.8. The number of anilines is 5. The maximum Gasteiger partial charge on any atom is 0.336 e. The number of fused-ring (bicyclic) bond motifs is 7. The van der Waals surface area contributed by atoms with Gasteiger partial charge in [-0.15, -0.1) is 0 Å². The van der Waals surface area contributed by atoms with E-state index in [0.29, 0.717) is 88.8 Å². The molecule has 5 aromatic carbocycles. The van der Waals surface area contributed by atoms with Gasteiger partial charge in [0.05, 0.1) is 158 Å². The lowest BCUT2D eigenvalue weighted by Gasteiger charge is -2.31.